The summed E-state index contributed by atoms with van der Waals surface area (Å²) in [7, 11) is 1.56. The monoisotopic (exact) mass is 391 g/mol. The molecule has 150 valence electrons. The van der Waals surface area contributed by atoms with Gasteiger partial charge in [-0.15, -0.1) is 0 Å². The molecule has 7 nitrogen and oxygen atoms in total. The fourth-order valence-corrected chi connectivity index (χ4v) is 3.93. The molecule has 3 aromatic rings. The van der Waals surface area contributed by atoms with Crippen molar-refractivity contribution in [3.8, 4) is 5.75 Å². The van der Waals surface area contributed by atoms with Gasteiger partial charge >= 0.3 is 0 Å². The summed E-state index contributed by atoms with van der Waals surface area (Å²) in [6, 6.07) is 10.9. The number of hydrogen-bond donors (Lipinski definition) is 2. The highest BCUT2D eigenvalue weighted by Crippen LogP contribution is 2.33. The van der Waals surface area contributed by atoms with Crippen LogP contribution in [0.1, 0.15) is 40.5 Å². The van der Waals surface area contributed by atoms with Gasteiger partial charge in [0.1, 0.15) is 5.75 Å². The Morgan fingerprint density at radius 1 is 1.17 bits per heavy atom. The molecule has 7 heteroatoms. The molecule has 0 saturated carbocycles. The largest absolute Gasteiger partial charge is 0.496 e. The van der Waals surface area contributed by atoms with Gasteiger partial charge in [0.2, 0.25) is 0 Å². The van der Waals surface area contributed by atoms with E-state index in [0.717, 1.165) is 37.4 Å². The minimum atomic E-state index is -0.209. The zero-order chi connectivity index (χ0) is 20.2. The number of hydrogen-bond acceptors (Lipinski definition) is 5. The highest BCUT2D eigenvalue weighted by molar-refractivity contribution is 6.07. The van der Waals surface area contributed by atoms with Crippen molar-refractivity contribution in [3.63, 3.8) is 0 Å². The molecule has 1 aliphatic heterocycles. The van der Waals surface area contributed by atoms with Crippen LogP contribution < -0.4 is 15.0 Å². The van der Waals surface area contributed by atoms with E-state index in [1.807, 2.05) is 31.2 Å². The number of aromatic nitrogens is 3. The molecule has 1 aromatic carbocycles. The minimum Gasteiger partial charge on any atom is -0.496 e. The number of para-hydroxylation sites is 1. The third kappa shape index (κ3) is 3.94. The van der Waals surface area contributed by atoms with Crippen LogP contribution in [0.3, 0.4) is 0 Å². The number of pyridine rings is 1. The molecule has 0 aliphatic carbocycles. The molecule has 2 aromatic heterocycles. The Kier molecular flexibility index (Phi) is 5.46. The first-order chi connectivity index (χ1) is 14.2. The van der Waals surface area contributed by atoms with Gasteiger partial charge in [0.05, 0.1) is 30.4 Å². The van der Waals surface area contributed by atoms with Gasteiger partial charge in [0.25, 0.3) is 5.91 Å². The van der Waals surface area contributed by atoms with Gasteiger partial charge in [-0.2, -0.15) is 0 Å². The van der Waals surface area contributed by atoms with E-state index in [4.69, 9.17) is 4.74 Å². The molecule has 2 N–H and O–H groups in total. The number of nitrogens with one attached hydrogen (secondary N) is 2. The van der Waals surface area contributed by atoms with E-state index in [1.54, 1.807) is 31.8 Å². The standard InChI is InChI=1S/C22H25N5O2/c1-15-20(25-14-24-15)16-9-12-27(13-10-16)21-18(7-5-11-23-21)26-22(28)17-6-3-4-8-19(17)29-2/h3-8,11,14,16H,9-10,12-13H2,1-2H3,(H,24,25)(H,26,28). The van der Waals surface area contributed by atoms with Crippen LogP contribution in [-0.2, 0) is 0 Å². The van der Waals surface area contributed by atoms with Gasteiger partial charge in [-0.25, -0.2) is 9.97 Å². The highest BCUT2D eigenvalue weighted by Gasteiger charge is 2.25. The molecule has 29 heavy (non-hydrogen) atoms. The second-order valence-electron chi connectivity index (χ2n) is 7.19. The van der Waals surface area contributed by atoms with Crippen molar-refractivity contribution < 1.29 is 9.53 Å². The number of carbonyl (C=O) groups excluding carboxylic acids is 1. The SMILES string of the molecule is COc1ccccc1C(=O)Nc1cccnc1N1CCC(c2[nH]cnc2C)CC1. The molecule has 0 spiro atoms. The van der Waals surface area contributed by atoms with Crippen LogP contribution in [0.25, 0.3) is 0 Å². The Balaban J connectivity index is 1.49. The van der Waals surface area contributed by atoms with Crippen molar-refractivity contribution in [2.45, 2.75) is 25.7 Å². The molecule has 3 heterocycles. The van der Waals surface area contributed by atoms with Gasteiger partial charge in [0.15, 0.2) is 5.82 Å². The number of carbonyl (C=O) groups is 1. The summed E-state index contributed by atoms with van der Waals surface area (Å²) in [4.78, 5) is 27.2. The summed E-state index contributed by atoms with van der Waals surface area (Å²) >= 11 is 0. The summed E-state index contributed by atoms with van der Waals surface area (Å²) in [5, 5.41) is 3.01. The average Bonchev–Trinajstić information content (AvgIpc) is 3.20. The highest BCUT2D eigenvalue weighted by atomic mass is 16.5. The molecule has 1 amide bonds. The van der Waals surface area contributed by atoms with Crippen LogP contribution in [0.4, 0.5) is 11.5 Å². The summed E-state index contributed by atoms with van der Waals surface area (Å²) in [6.07, 6.45) is 5.56. The van der Waals surface area contributed by atoms with Gasteiger partial charge in [-0.1, -0.05) is 12.1 Å². The van der Waals surface area contributed by atoms with Crippen LogP contribution in [0.15, 0.2) is 48.9 Å². The number of piperidine rings is 1. The first-order valence-corrected chi connectivity index (χ1v) is 9.81. The third-order valence-electron chi connectivity index (χ3n) is 5.46. The lowest BCUT2D eigenvalue weighted by molar-refractivity contribution is 0.102. The number of imidazole rings is 1. The number of aromatic amines is 1. The molecular weight excluding hydrogens is 366 g/mol. The van der Waals surface area contributed by atoms with E-state index in [2.05, 4.69) is 25.2 Å². The molecular formula is C22H25N5O2. The summed E-state index contributed by atoms with van der Waals surface area (Å²) in [5.74, 6) is 1.62. The second-order valence-corrected chi connectivity index (χ2v) is 7.19. The number of methoxy groups -OCH3 is 1. The number of nitrogens with zero attached hydrogens (tertiary/aromatic N) is 3. The molecule has 1 fully saturated rings. The molecule has 0 radical (unpaired) electrons. The van der Waals surface area contributed by atoms with E-state index in [0.29, 0.717) is 22.9 Å². The Hall–Kier alpha value is -3.35. The van der Waals surface area contributed by atoms with E-state index in [-0.39, 0.29) is 5.91 Å². The maximum atomic E-state index is 12.8. The molecule has 0 unspecified atom stereocenters. The Morgan fingerprint density at radius 2 is 1.97 bits per heavy atom. The van der Waals surface area contributed by atoms with Crippen LogP contribution in [0.2, 0.25) is 0 Å². The topological polar surface area (TPSA) is 83.1 Å². The lowest BCUT2D eigenvalue weighted by atomic mass is 9.92. The number of anilines is 2. The fourth-order valence-electron chi connectivity index (χ4n) is 3.93. The number of amides is 1. The zero-order valence-corrected chi connectivity index (χ0v) is 16.7. The number of ether oxygens (including phenoxy) is 1. The quantitative estimate of drug-likeness (QED) is 0.692. The maximum absolute atomic E-state index is 12.8. The van der Waals surface area contributed by atoms with Crippen molar-refractivity contribution >= 4 is 17.4 Å². The van der Waals surface area contributed by atoms with E-state index >= 15 is 0 Å². The Bertz CT molecular complexity index is 992. The average molecular weight is 391 g/mol. The Morgan fingerprint density at radius 3 is 2.69 bits per heavy atom. The summed E-state index contributed by atoms with van der Waals surface area (Å²) in [5.41, 5.74) is 3.51. The van der Waals surface area contributed by atoms with Gasteiger partial charge in [-0.05, 0) is 44.0 Å². The number of rotatable bonds is 5. The summed E-state index contributed by atoms with van der Waals surface area (Å²) in [6.45, 7) is 3.79. The van der Waals surface area contributed by atoms with E-state index in [9.17, 15) is 4.79 Å². The van der Waals surface area contributed by atoms with Crippen LogP contribution in [0.5, 0.6) is 5.75 Å². The summed E-state index contributed by atoms with van der Waals surface area (Å²) < 4.78 is 5.31. The smallest absolute Gasteiger partial charge is 0.259 e. The predicted octanol–water partition coefficient (Wildman–Crippen LogP) is 3.76. The molecule has 4 rings (SSSR count). The zero-order valence-electron chi connectivity index (χ0n) is 16.7. The van der Waals surface area contributed by atoms with Crippen molar-refractivity contribution in [2.75, 3.05) is 30.4 Å². The number of H-pyrrole nitrogens is 1. The maximum Gasteiger partial charge on any atom is 0.259 e. The fraction of sp³-hybridized carbons (Fsp3) is 0.318. The lowest BCUT2D eigenvalue weighted by Gasteiger charge is -2.33. The van der Waals surface area contributed by atoms with Crippen molar-refractivity contribution in [3.05, 3.63) is 65.9 Å². The van der Waals surface area contributed by atoms with Crippen molar-refractivity contribution in [2.24, 2.45) is 0 Å². The van der Waals surface area contributed by atoms with E-state index in [1.165, 1.54) is 5.69 Å². The van der Waals surface area contributed by atoms with E-state index < -0.39 is 0 Å². The van der Waals surface area contributed by atoms with Crippen LogP contribution in [-0.4, -0.2) is 41.1 Å². The molecule has 0 atom stereocenters. The molecule has 1 saturated heterocycles. The predicted molar refractivity (Wildman–Crippen MR) is 113 cm³/mol. The van der Waals surface area contributed by atoms with Crippen LogP contribution >= 0.6 is 0 Å². The number of aryl methyl sites for hydroxylation is 1. The van der Waals surface area contributed by atoms with Gasteiger partial charge < -0.3 is 19.9 Å². The van der Waals surface area contributed by atoms with Gasteiger partial charge in [0, 0.05) is 30.9 Å². The van der Waals surface area contributed by atoms with Crippen molar-refractivity contribution in [1.29, 1.82) is 0 Å². The Labute approximate surface area is 170 Å². The second kappa shape index (κ2) is 8.34. The van der Waals surface area contributed by atoms with Gasteiger partial charge in [-0.3, -0.25) is 4.79 Å². The normalized spacial score (nSPS) is 14.6. The first-order valence-electron chi connectivity index (χ1n) is 9.81. The minimum absolute atomic E-state index is 0.209. The van der Waals surface area contributed by atoms with Crippen LogP contribution in [0, 0.1) is 6.92 Å². The number of benzene rings is 1. The third-order valence-corrected chi connectivity index (χ3v) is 5.46. The molecule has 1 aliphatic rings. The molecule has 0 bridgehead atoms. The van der Waals surface area contributed by atoms with Crippen molar-refractivity contribution in [1.82, 2.24) is 15.0 Å². The first kappa shape index (κ1) is 19.0. The lowest BCUT2D eigenvalue weighted by Crippen LogP contribution is -2.34.